The van der Waals surface area contributed by atoms with Crippen molar-refractivity contribution < 1.29 is 4.42 Å². The van der Waals surface area contributed by atoms with Gasteiger partial charge in [0.1, 0.15) is 5.76 Å². The molecule has 0 atom stereocenters. The summed E-state index contributed by atoms with van der Waals surface area (Å²) in [6, 6.07) is 3.93. The fourth-order valence-corrected chi connectivity index (χ4v) is 1.83. The van der Waals surface area contributed by atoms with Gasteiger partial charge in [0, 0.05) is 13.1 Å². The van der Waals surface area contributed by atoms with Crippen LogP contribution in [-0.4, -0.2) is 31.1 Å². The van der Waals surface area contributed by atoms with Crippen molar-refractivity contribution in [2.45, 2.75) is 33.2 Å². The van der Waals surface area contributed by atoms with E-state index in [1.54, 1.807) is 6.26 Å². The number of furan rings is 1. The summed E-state index contributed by atoms with van der Waals surface area (Å²) in [6.45, 7) is 9.87. The Morgan fingerprint density at radius 1 is 1.19 bits per heavy atom. The monoisotopic (exact) mass is 224 g/mol. The summed E-state index contributed by atoms with van der Waals surface area (Å²) in [5.41, 5.74) is 0. The molecule has 0 unspecified atom stereocenters. The predicted octanol–water partition coefficient (Wildman–Crippen LogP) is 2.49. The number of rotatable bonds is 9. The van der Waals surface area contributed by atoms with Gasteiger partial charge in [0.2, 0.25) is 0 Å². The SMILES string of the molecule is CCCN(CCC)CCNCc1ccco1. The number of nitrogens with one attached hydrogen (secondary N) is 1. The van der Waals surface area contributed by atoms with E-state index in [9.17, 15) is 0 Å². The quantitative estimate of drug-likeness (QED) is 0.653. The van der Waals surface area contributed by atoms with Crippen molar-refractivity contribution in [1.29, 1.82) is 0 Å². The number of hydrogen-bond acceptors (Lipinski definition) is 3. The van der Waals surface area contributed by atoms with Gasteiger partial charge in [-0.1, -0.05) is 13.8 Å². The maximum absolute atomic E-state index is 5.26. The fourth-order valence-electron chi connectivity index (χ4n) is 1.83. The molecule has 16 heavy (non-hydrogen) atoms. The van der Waals surface area contributed by atoms with Crippen LogP contribution in [-0.2, 0) is 6.54 Å². The van der Waals surface area contributed by atoms with E-state index in [1.807, 2.05) is 12.1 Å². The van der Waals surface area contributed by atoms with Crippen molar-refractivity contribution in [3.63, 3.8) is 0 Å². The maximum atomic E-state index is 5.26. The summed E-state index contributed by atoms with van der Waals surface area (Å²) in [6.07, 6.45) is 4.19. The molecule has 0 aliphatic heterocycles. The highest BCUT2D eigenvalue weighted by Crippen LogP contribution is 1.98. The lowest BCUT2D eigenvalue weighted by atomic mass is 10.3. The van der Waals surface area contributed by atoms with E-state index in [0.29, 0.717) is 0 Å². The second-order valence-electron chi connectivity index (χ2n) is 4.10. The van der Waals surface area contributed by atoms with E-state index in [-0.39, 0.29) is 0 Å². The third-order valence-corrected chi connectivity index (χ3v) is 2.56. The summed E-state index contributed by atoms with van der Waals surface area (Å²) in [4.78, 5) is 2.51. The van der Waals surface area contributed by atoms with Crippen molar-refractivity contribution >= 4 is 0 Å². The molecular formula is C13H24N2O. The fraction of sp³-hybridized carbons (Fsp3) is 0.692. The second-order valence-corrected chi connectivity index (χ2v) is 4.10. The van der Waals surface area contributed by atoms with Gasteiger partial charge in [-0.05, 0) is 38.1 Å². The smallest absolute Gasteiger partial charge is 0.117 e. The molecule has 0 fully saturated rings. The van der Waals surface area contributed by atoms with E-state index in [1.165, 1.54) is 25.9 Å². The largest absolute Gasteiger partial charge is 0.468 e. The first-order valence-corrected chi connectivity index (χ1v) is 6.32. The van der Waals surface area contributed by atoms with Crippen LogP contribution < -0.4 is 5.32 Å². The number of nitrogens with zero attached hydrogens (tertiary/aromatic N) is 1. The Morgan fingerprint density at radius 2 is 1.94 bits per heavy atom. The molecule has 0 saturated carbocycles. The topological polar surface area (TPSA) is 28.4 Å². The highest BCUT2D eigenvalue weighted by molar-refractivity contribution is 4.97. The lowest BCUT2D eigenvalue weighted by Gasteiger charge is -2.20. The van der Waals surface area contributed by atoms with Gasteiger partial charge in [0.15, 0.2) is 0 Å². The molecule has 1 heterocycles. The van der Waals surface area contributed by atoms with Crippen LogP contribution in [0.15, 0.2) is 22.8 Å². The van der Waals surface area contributed by atoms with E-state index >= 15 is 0 Å². The molecule has 3 nitrogen and oxygen atoms in total. The molecule has 0 amide bonds. The average Bonchev–Trinajstić information content (AvgIpc) is 2.78. The highest BCUT2D eigenvalue weighted by Gasteiger charge is 2.01. The van der Waals surface area contributed by atoms with Gasteiger partial charge in [-0.2, -0.15) is 0 Å². The highest BCUT2D eigenvalue weighted by atomic mass is 16.3. The minimum atomic E-state index is 0.832. The summed E-state index contributed by atoms with van der Waals surface area (Å²) in [7, 11) is 0. The molecule has 1 aromatic heterocycles. The van der Waals surface area contributed by atoms with Crippen molar-refractivity contribution in [2.24, 2.45) is 0 Å². The lowest BCUT2D eigenvalue weighted by molar-refractivity contribution is 0.272. The van der Waals surface area contributed by atoms with E-state index in [4.69, 9.17) is 4.42 Å². The third-order valence-electron chi connectivity index (χ3n) is 2.56. The molecule has 0 aliphatic carbocycles. The Labute approximate surface area is 98.8 Å². The molecule has 0 aromatic carbocycles. The minimum Gasteiger partial charge on any atom is -0.468 e. The van der Waals surface area contributed by atoms with Crippen LogP contribution in [0.1, 0.15) is 32.4 Å². The van der Waals surface area contributed by atoms with Crippen molar-refractivity contribution in [1.82, 2.24) is 10.2 Å². The zero-order valence-electron chi connectivity index (χ0n) is 10.5. The Morgan fingerprint density at radius 3 is 2.50 bits per heavy atom. The van der Waals surface area contributed by atoms with Crippen LogP contribution in [0.4, 0.5) is 0 Å². The Bertz CT molecular complexity index is 240. The van der Waals surface area contributed by atoms with Crippen LogP contribution in [0.2, 0.25) is 0 Å². The van der Waals surface area contributed by atoms with Gasteiger partial charge in [-0.25, -0.2) is 0 Å². The molecule has 1 rings (SSSR count). The zero-order valence-corrected chi connectivity index (χ0v) is 10.5. The van der Waals surface area contributed by atoms with Crippen molar-refractivity contribution in [3.8, 4) is 0 Å². The Hall–Kier alpha value is -0.800. The third kappa shape index (κ3) is 5.33. The molecule has 92 valence electrons. The molecule has 3 heteroatoms. The molecule has 0 radical (unpaired) electrons. The zero-order chi connectivity index (χ0) is 11.6. The molecule has 0 spiro atoms. The summed E-state index contributed by atoms with van der Waals surface area (Å²) < 4.78 is 5.26. The standard InChI is InChI=1S/C13H24N2O/c1-3-8-15(9-4-2)10-7-14-12-13-6-5-11-16-13/h5-6,11,14H,3-4,7-10,12H2,1-2H3. The first kappa shape index (κ1) is 13.3. The Kier molecular flexibility index (Phi) is 6.93. The van der Waals surface area contributed by atoms with Crippen LogP contribution in [0.3, 0.4) is 0 Å². The molecule has 1 aromatic rings. The summed E-state index contributed by atoms with van der Waals surface area (Å²) in [5, 5.41) is 3.40. The maximum Gasteiger partial charge on any atom is 0.117 e. The van der Waals surface area contributed by atoms with Crippen molar-refractivity contribution in [3.05, 3.63) is 24.2 Å². The van der Waals surface area contributed by atoms with Crippen LogP contribution in [0.25, 0.3) is 0 Å². The van der Waals surface area contributed by atoms with Crippen LogP contribution >= 0.6 is 0 Å². The molecule has 0 bridgehead atoms. The Balaban J connectivity index is 2.08. The molecule has 0 aliphatic rings. The predicted molar refractivity (Wildman–Crippen MR) is 67.4 cm³/mol. The van der Waals surface area contributed by atoms with Gasteiger partial charge in [-0.3, -0.25) is 0 Å². The molecule has 0 saturated heterocycles. The summed E-state index contributed by atoms with van der Waals surface area (Å²) >= 11 is 0. The van der Waals surface area contributed by atoms with Crippen molar-refractivity contribution in [2.75, 3.05) is 26.2 Å². The van der Waals surface area contributed by atoms with E-state index < -0.39 is 0 Å². The van der Waals surface area contributed by atoms with Gasteiger partial charge in [0.05, 0.1) is 12.8 Å². The molecular weight excluding hydrogens is 200 g/mol. The average molecular weight is 224 g/mol. The van der Waals surface area contributed by atoms with Crippen LogP contribution in [0.5, 0.6) is 0 Å². The minimum absolute atomic E-state index is 0.832. The normalized spacial score (nSPS) is 11.2. The van der Waals surface area contributed by atoms with E-state index in [2.05, 4.69) is 24.1 Å². The van der Waals surface area contributed by atoms with Gasteiger partial charge < -0.3 is 14.6 Å². The first-order valence-electron chi connectivity index (χ1n) is 6.32. The first-order chi connectivity index (χ1) is 7.86. The van der Waals surface area contributed by atoms with Gasteiger partial charge in [-0.15, -0.1) is 0 Å². The summed E-state index contributed by atoms with van der Waals surface area (Å²) in [5.74, 6) is 1.01. The van der Waals surface area contributed by atoms with Gasteiger partial charge >= 0.3 is 0 Å². The van der Waals surface area contributed by atoms with E-state index in [0.717, 1.165) is 25.4 Å². The number of hydrogen-bond donors (Lipinski definition) is 1. The van der Waals surface area contributed by atoms with Crippen LogP contribution in [0, 0.1) is 0 Å². The lowest BCUT2D eigenvalue weighted by Crippen LogP contribution is -2.33. The van der Waals surface area contributed by atoms with Gasteiger partial charge in [0.25, 0.3) is 0 Å². The second kappa shape index (κ2) is 8.36. The molecule has 1 N–H and O–H groups in total.